The molecule has 0 aromatic carbocycles. The van der Waals surface area contributed by atoms with Gasteiger partial charge in [-0.3, -0.25) is 4.98 Å². The third-order valence-corrected chi connectivity index (χ3v) is 7.53. The number of piperidine rings is 1. The number of thiophene rings is 1. The van der Waals surface area contributed by atoms with Crippen molar-refractivity contribution in [3.05, 3.63) is 47.9 Å². The second kappa shape index (κ2) is 6.66. The van der Waals surface area contributed by atoms with Gasteiger partial charge in [-0.1, -0.05) is 11.2 Å². The molecule has 0 N–H and O–H groups in total. The van der Waals surface area contributed by atoms with Crippen LogP contribution in [0.4, 0.5) is 0 Å². The van der Waals surface area contributed by atoms with E-state index in [-0.39, 0.29) is 5.92 Å². The van der Waals surface area contributed by atoms with E-state index in [1.54, 1.807) is 29.9 Å². The van der Waals surface area contributed by atoms with Crippen LogP contribution in [0.25, 0.3) is 11.4 Å². The topological polar surface area (TPSA) is 89.2 Å². The molecule has 0 bridgehead atoms. The Labute approximate surface area is 149 Å². The normalized spacial score (nSPS) is 17.0. The predicted octanol–water partition coefficient (Wildman–Crippen LogP) is 2.76. The molecule has 7 nitrogen and oxygen atoms in total. The van der Waals surface area contributed by atoms with Crippen LogP contribution in [-0.2, 0) is 10.0 Å². The molecular formula is C16H16N4O3S2. The van der Waals surface area contributed by atoms with Gasteiger partial charge in [0.25, 0.3) is 10.0 Å². The molecular weight excluding hydrogens is 360 g/mol. The number of aromatic nitrogens is 3. The molecule has 25 heavy (non-hydrogen) atoms. The first kappa shape index (κ1) is 16.4. The summed E-state index contributed by atoms with van der Waals surface area (Å²) >= 11 is 1.25. The van der Waals surface area contributed by atoms with Gasteiger partial charge in [0.1, 0.15) is 4.21 Å². The van der Waals surface area contributed by atoms with Crippen molar-refractivity contribution in [1.29, 1.82) is 0 Å². The fourth-order valence-electron chi connectivity index (χ4n) is 2.89. The van der Waals surface area contributed by atoms with Crippen molar-refractivity contribution in [1.82, 2.24) is 19.4 Å². The van der Waals surface area contributed by atoms with Crippen LogP contribution >= 0.6 is 11.3 Å². The van der Waals surface area contributed by atoms with Crippen LogP contribution in [0.5, 0.6) is 0 Å². The number of pyridine rings is 1. The summed E-state index contributed by atoms with van der Waals surface area (Å²) in [6, 6.07) is 7.09. The van der Waals surface area contributed by atoms with Crippen molar-refractivity contribution >= 4 is 21.4 Å². The number of nitrogens with zero attached hydrogens (tertiary/aromatic N) is 4. The van der Waals surface area contributed by atoms with Crippen LogP contribution in [0, 0.1) is 0 Å². The molecule has 1 aliphatic rings. The number of rotatable bonds is 4. The summed E-state index contributed by atoms with van der Waals surface area (Å²) in [5, 5.41) is 5.79. The fourth-order valence-corrected chi connectivity index (χ4v) is 5.51. The summed E-state index contributed by atoms with van der Waals surface area (Å²) in [4.78, 5) is 8.51. The van der Waals surface area contributed by atoms with E-state index in [1.807, 2.05) is 12.1 Å². The molecule has 4 rings (SSSR count). The highest BCUT2D eigenvalue weighted by Gasteiger charge is 2.32. The first-order chi connectivity index (χ1) is 12.1. The number of hydrogen-bond donors (Lipinski definition) is 0. The SMILES string of the molecule is O=S(=O)(c1cccs1)N1CCC(c2nc(-c3cccnc3)no2)CC1. The van der Waals surface area contributed by atoms with Crippen molar-refractivity contribution in [2.45, 2.75) is 23.0 Å². The quantitative estimate of drug-likeness (QED) is 0.695. The Morgan fingerprint density at radius 2 is 2.04 bits per heavy atom. The van der Waals surface area contributed by atoms with E-state index in [4.69, 9.17) is 4.52 Å². The Kier molecular flexibility index (Phi) is 4.36. The summed E-state index contributed by atoms with van der Waals surface area (Å²) in [6.07, 6.45) is 4.71. The lowest BCUT2D eigenvalue weighted by Crippen LogP contribution is -2.37. The van der Waals surface area contributed by atoms with Gasteiger partial charge in [-0.15, -0.1) is 11.3 Å². The molecule has 0 radical (unpaired) electrons. The molecule has 0 aliphatic carbocycles. The smallest absolute Gasteiger partial charge is 0.252 e. The lowest BCUT2D eigenvalue weighted by atomic mass is 9.98. The average Bonchev–Trinajstić information content (AvgIpc) is 3.35. The number of sulfonamides is 1. The first-order valence-electron chi connectivity index (χ1n) is 7.92. The maximum absolute atomic E-state index is 12.6. The summed E-state index contributed by atoms with van der Waals surface area (Å²) in [5.41, 5.74) is 0.801. The molecule has 4 heterocycles. The van der Waals surface area contributed by atoms with Crippen LogP contribution in [0.1, 0.15) is 24.7 Å². The maximum atomic E-state index is 12.6. The van der Waals surface area contributed by atoms with E-state index in [1.165, 1.54) is 15.6 Å². The van der Waals surface area contributed by atoms with E-state index >= 15 is 0 Å². The van der Waals surface area contributed by atoms with E-state index < -0.39 is 10.0 Å². The Bertz CT molecular complexity index is 931. The molecule has 0 atom stereocenters. The van der Waals surface area contributed by atoms with Crippen molar-refractivity contribution in [3.63, 3.8) is 0 Å². The van der Waals surface area contributed by atoms with Gasteiger partial charge in [-0.25, -0.2) is 8.42 Å². The highest BCUT2D eigenvalue weighted by atomic mass is 32.2. The Morgan fingerprint density at radius 3 is 2.72 bits per heavy atom. The van der Waals surface area contributed by atoms with Gasteiger partial charge in [-0.2, -0.15) is 9.29 Å². The minimum Gasteiger partial charge on any atom is -0.339 e. The second-order valence-electron chi connectivity index (χ2n) is 5.81. The average molecular weight is 376 g/mol. The fraction of sp³-hybridized carbons (Fsp3) is 0.312. The predicted molar refractivity (Wildman–Crippen MR) is 92.6 cm³/mol. The summed E-state index contributed by atoms with van der Waals surface area (Å²) in [7, 11) is -3.39. The van der Waals surface area contributed by atoms with Crippen LogP contribution in [0.15, 0.2) is 50.8 Å². The largest absolute Gasteiger partial charge is 0.339 e. The first-order valence-corrected chi connectivity index (χ1v) is 10.2. The van der Waals surface area contributed by atoms with Gasteiger partial charge >= 0.3 is 0 Å². The second-order valence-corrected chi connectivity index (χ2v) is 8.92. The zero-order valence-electron chi connectivity index (χ0n) is 13.3. The van der Waals surface area contributed by atoms with Gasteiger partial charge in [0.15, 0.2) is 0 Å². The van der Waals surface area contributed by atoms with E-state index in [0.717, 1.165) is 5.56 Å². The monoisotopic (exact) mass is 376 g/mol. The van der Waals surface area contributed by atoms with Crippen LogP contribution in [0.3, 0.4) is 0 Å². The molecule has 0 saturated carbocycles. The molecule has 0 spiro atoms. The maximum Gasteiger partial charge on any atom is 0.252 e. The van der Waals surface area contributed by atoms with Gasteiger partial charge in [0.2, 0.25) is 11.7 Å². The zero-order valence-corrected chi connectivity index (χ0v) is 14.9. The minimum atomic E-state index is -3.39. The van der Waals surface area contributed by atoms with Crippen LogP contribution in [-0.4, -0.2) is 40.9 Å². The summed E-state index contributed by atoms with van der Waals surface area (Å²) < 4.78 is 32.4. The van der Waals surface area contributed by atoms with Gasteiger partial charge in [-0.05, 0) is 36.4 Å². The van der Waals surface area contributed by atoms with Gasteiger partial charge < -0.3 is 4.52 Å². The molecule has 1 aliphatic heterocycles. The summed E-state index contributed by atoms with van der Waals surface area (Å²) in [6.45, 7) is 0.908. The van der Waals surface area contributed by atoms with Crippen LogP contribution in [0.2, 0.25) is 0 Å². The van der Waals surface area contributed by atoms with Gasteiger partial charge in [0, 0.05) is 37.0 Å². The third kappa shape index (κ3) is 3.22. The van der Waals surface area contributed by atoms with Gasteiger partial charge in [0.05, 0.1) is 0 Å². The molecule has 3 aromatic rings. The molecule has 0 unspecified atom stereocenters. The van der Waals surface area contributed by atoms with E-state index in [0.29, 0.717) is 41.9 Å². The summed E-state index contributed by atoms with van der Waals surface area (Å²) in [5.74, 6) is 1.15. The Balaban J connectivity index is 1.45. The molecule has 1 fully saturated rings. The van der Waals surface area contributed by atoms with Crippen molar-refractivity contribution in [3.8, 4) is 11.4 Å². The minimum absolute atomic E-state index is 0.0766. The molecule has 0 amide bonds. The van der Waals surface area contributed by atoms with Crippen molar-refractivity contribution in [2.24, 2.45) is 0 Å². The lowest BCUT2D eigenvalue weighted by Gasteiger charge is -2.29. The molecule has 9 heteroatoms. The standard InChI is InChI=1S/C16H16N4O3S2/c21-25(22,14-4-2-10-24-14)20-8-5-12(6-9-20)16-18-15(19-23-16)13-3-1-7-17-11-13/h1-4,7,10-12H,5-6,8-9H2. The van der Waals surface area contributed by atoms with E-state index in [2.05, 4.69) is 15.1 Å². The van der Waals surface area contributed by atoms with E-state index in [9.17, 15) is 8.42 Å². The number of hydrogen-bond acceptors (Lipinski definition) is 7. The highest BCUT2D eigenvalue weighted by molar-refractivity contribution is 7.91. The molecule has 3 aromatic heterocycles. The Hall–Kier alpha value is -2.10. The Morgan fingerprint density at radius 1 is 1.20 bits per heavy atom. The van der Waals surface area contributed by atoms with Crippen molar-refractivity contribution in [2.75, 3.05) is 13.1 Å². The van der Waals surface area contributed by atoms with Crippen LogP contribution < -0.4 is 0 Å². The third-order valence-electron chi connectivity index (χ3n) is 4.25. The lowest BCUT2D eigenvalue weighted by molar-refractivity contribution is 0.271. The highest BCUT2D eigenvalue weighted by Crippen LogP contribution is 2.31. The zero-order chi connectivity index (χ0) is 17.3. The van der Waals surface area contributed by atoms with Crippen molar-refractivity contribution < 1.29 is 12.9 Å². The molecule has 1 saturated heterocycles. The molecule has 130 valence electrons.